The van der Waals surface area contributed by atoms with Gasteiger partial charge in [-0.25, -0.2) is 0 Å². The van der Waals surface area contributed by atoms with E-state index in [4.69, 9.17) is 10.9 Å². The minimum Gasteiger partial charge on any atom is -0.409 e. The normalized spacial score (nSPS) is 13.0. The summed E-state index contributed by atoms with van der Waals surface area (Å²) < 4.78 is 0. The molecule has 1 atom stereocenters. The zero-order valence-electron chi connectivity index (χ0n) is 11.8. The van der Waals surface area contributed by atoms with Gasteiger partial charge >= 0.3 is 0 Å². The summed E-state index contributed by atoms with van der Waals surface area (Å²) in [5, 5.41) is 15.4. The lowest BCUT2D eigenvalue weighted by Crippen LogP contribution is -2.32. The van der Waals surface area contributed by atoms with Gasteiger partial charge in [-0.15, -0.1) is 0 Å². The van der Waals surface area contributed by atoms with Crippen molar-refractivity contribution < 1.29 is 5.21 Å². The summed E-state index contributed by atoms with van der Waals surface area (Å²) in [6.45, 7) is 1.46. The standard InChI is InChI=1S/C16H20N4O/c17-16(20-21)15(14-4-2-1-3-5-14)12-19-11-8-13-6-9-18-10-7-13/h1-7,9-10,15,19,21H,8,11-12H2,(H2,17,20). The Balaban J connectivity index is 1.88. The minimum atomic E-state index is -0.131. The number of amidine groups is 1. The van der Waals surface area contributed by atoms with Crippen LogP contribution in [0.3, 0.4) is 0 Å². The Morgan fingerprint density at radius 3 is 2.57 bits per heavy atom. The van der Waals surface area contributed by atoms with Crippen LogP contribution in [-0.2, 0) is 6.42 Å². The van der Waals surface area contributed by atoms with Gasteiger partial charge in [-0.1, -0.05) is 35.5 Å². The highest BCUT2D eigenvalue weighted by Crippen LogP contribution is 2.14. The highest BCUT2D eigenvalue weighted by Gasteiger charge is 2.15. The summed E-state index contributed by atoms with van der Waals surface area (Å²) in [6, 6.07) is 13.8. The zero-order valence-corrected chi connectivity index (χ0v) is 11.8. The third-order valence-electron chi connectivity index (χ3n) is 3.36. The van der Waals surface area contributed by atoms with Crippen molar-refractivity contribution in [3.63, 3.8) is 0 Å². The van der Waals surface area contributed by atoms with Crippen molar-refractivity contribution in [2.75, 3.05) is 13.1 Å². The monoisotopic (exact) mass is 284 g/mol. The molecule has 0 aliphatic carbocycles. The van der Waals surface area contributed by atoms with E-state index in [0.29, 0.717) is 6.54 Å². The first-order valence-corrected chi connectivity index (χ1v) is 6.93. The van der Waals surface area contributed by atoms with Crippen LogP contribution in [0, 0.1) is 0 Å². The first kappa shape index (κ1) is 15.0. The second-order valence-electron chi connectivity index (χ2n) is 4.80. The Morgan fingerprint density at radius 1 is 1.19 bits per heavy atom. The number of hydrogen-bond acceptors (Lipinski definition) is 4. The molecule has 0 saturated carbocycles. The maximum atomic E-state index is 8.93. The number of nitrogens with two attached hydrogens (primary N) is 1. The van der Waals surface area contributed by atoms with Crippen molar-refractivity contribution in [2.24, 2.45) is 10.9 Å². The van der Waals surface area contributed by atoms with Crippen LogP contribution in [0.4, 0.5) is 0 Å². The van der Waals surface area contributed by atoms with Crippen LogP contribution >= 0.6 is 0 Å². The molecule has 5 nitrogen and oxygen atoms in total. The molecule has 2 rings (SSSR count). The molecule has 1 heterocycles. The van der Waals surface area contributed by atoms with Crippen LogP contribution in [0.25, 0.3) is 0 Å². The van der Waals surface area contributed by atoms with Crippen molar-refractivity contribution in [2.45, 2.75) is 12.3 Å². The lowest BCUT2D eigenvalue weighted by molar-refractivity contribution is 0.315. The molecule has 1 aromatic heterocycles. The Hall–Kier alpha value is -2.40. The van der Waals surface area contributed by atoms with Crippen molar-refractivity contribution in [1.29, 1.82) is 0 Å². The summed E-state index contributed by atoms with van der Waals surface area (Å²) in [4.78, 5) is 4.00. The van der Waals surface area contributed by atoms with E-state index in [-0.39, 0.29) is 11.8 Å². The van der Waals surface area contributed by atoms with E-state index in [0.717, 1.165) is 18.5 Å². The van der Waals surface area contributed by atoms with E-state index in [1.165, 1.54) is 5.56 Å². The second kappa shape index (κ2) is 8.01. The van der Waals surface area contributed by atoms with Crippen molar-refractivity contribution in [3.05, 3.63) is 66.0 Å². The van der Waals surface area contributed by atoms with Gasteiger partial charge in [0.25, 0.3) is 0 Å². The van der Waals surface area contributed by atoms with E-state index in [1.807, 2.05) is 42.5 Å². The van der Waals surface area contributed by atoms with E-state index in [9.17, 15) is 0 Å². The molecule has 0 amide bonds. The fourth-order valence-corrected chi connectivity index (χ4v) is 2.18. The van der Waals surface area contributed by atoms with Gasteiger partial charge in [-0.2, -0.15) is 0 Å². The molecule has 110 valence electrons. The Bertz CT molecular complexity index is 557. The van der Waals surface area contributed by atoms with Gasteiger partial charge < -0.3 is 16.3 Å². The second-order valence-corrected chi connectivity index (χ2v) is 4.80. The molecule has 0 saturated heterocycles. The molecule has 1 unspecified atom stereocenters. The minimum absolute atomic E-state index is 0.131. The number of nitrogens with one attached hydrogen (secondary N) is 1. The third-order valence-corrected chi connectivity index (χ3v) is 3.36. The van der Waals surface area contributed by atoms with Crippen LogP contribution in [0.2, 0.25) is 0 Å². The fraction of sp³-hybridized carbons (Fsp3) is 0.250. The number of hydrogen-bond donors (Lipinski definition) is 3. The summed E-state index contributed by atoms with van der Waals surface area (Å²) in [7, 11) is 0. The van der Waals surface area contributed by atoms with Gasteiger partial charge in [0.1, 0.15) is 5.84 Å². The van der Waals surface area contributed by atoms with Crippen molar-refractivity contribution in [3.8, 4) is 0 Å². The van der Waals surface area contributed by atoms with Crippen molar-refractivity contribution in [1.82, 2.24) is 10.3 Å². The maximum absolute atomic E-state index is 8.93. The highest BCUT2D eigenvalue weighted by atomic mass is 16.4. The highest BCUT2D eigenvalue weighted by molar-refractivity contribution is 5.87. The number of pyridine rings is 1. The number of oxime groups is 1. The lowest BCUT2D eigenvalue weighted by atomic mass is 9.98. The summed E-state index contributed by atoms with van der Waals surface area (Å²) in [6.07, 6.45) is 4.50. The fourth-order valence-electron chi connectivity index (χ4n) is 2.18. The van der Waals surface area contributed by atoms with Crippen LogP contribution in [0.15, 0.2) is 60.0 Å². The number of nitrogens with zero attached hydrogens (tertiary/aromatic N) is 2. The van der Waals surface area contributed by atoms with Gasteiger partial charge in [0.05, 0.1) is 5.92 Å². The quantitative estimate of drug-likeness (QED) is 0.238. The van der Waals surface area contributed by atoms with Gasteiger partial charge in [-0.3, -0.25) is 4.98 Å². The summed E-state index contributed by atoms with van der Waals surface area (Å²) in [5.41, 5.74) is 8.06. The number of benzene rings is 1. The molecule has 0 fully saturated rings. The van der Waals surface area contributed by atoms with Gasteiger partial charge in [0.2, 0.25) is 0 Å². The molecule has 0 aliphatic rings. The lowest BCUT2D eigenvalue weighted by Gasteiger charge is -2.16. The van der Waals surface area contributed by atoms with Crippen LogP contribution in [0.5, 0.6) is 0 Å². The summed E-state index contributed by atoms with van der Waals surface area (Å²) in [5.74, 6) is 0.0891. The first-order chi connectivity index (χ1) is 10.3. The summed E-state index contributed by atoms with van der Waals surface area (Å²) >= 11 is 0. The van der Waals surface area contributed by atoms with Crippen molar-refractivity contribution >= 4 is 5.84 Å². The SMILES string of the molecule is NC(=NO)C(CNCCc1ccncc1)c1ccccc1. The molecule has 0 aliphatic heterocycles. The van der Waals surface area contributed by atoms with E-state index in [1.54, 1.807) is 12.4 Å². The van der Waals surface area contributed by atoms with Gasteiger partial charge in [0.15, 0.2) is 0 Å². The molecule has 0 radical (unpaired) electrons. The predicted molar refractivity (Wildman–Crippen MR) is 83.4 cm³/mol. The van der Waals surface area contributed by atoms with Crippen LogP contribution in [-0.4, -0.2) is 29.1 Å². The van der Waals surface area contributed by atoms with Gasteiger partial charge in [-0.05, 0) is 36.2 Å². The Morgan fingerprint density at radius 2 is 1.90 bits per heavy atom. The first-order valence-electron chi connectivity index (χ1n) is 6.93. The predicted octanol–water partition coefficient (Wildman–Crippen LogP) is 1.74. The Labute approximate surface area is 124 Å². The molecular weight excluding hydrogens is 264 g/mol. The molecule has 2 aromatic rings. The third kappa shape index (κ3) is 4.57. The smallest absolute Gasteiger partial charge is 0.147 e. The maximum Gasteiger partial charge on any atom is 0.147 e. The van der Waals surface area contributed by atoms with E-state index >= 15 is 0 Å². The van der Waals surface area contributed by atoms with E-state index < -0.39 is 0 Å². The molecule has 0 spiro atoms. The number of aromatic nitrogens is 1. The Kier molecular flexibility index (Phi) is 5.72. The molecular formula is C16H20N4O. The largest absolute Gasteiger partial charge is 0.409 e. The molecule has 0 bridgehead atoms. The van der Waals surface area contributed by atoms with Crippen LogP contribution < -0.4 is 11.1 Å². The molecule has 5 heteroatoms. The molecule has 21 heavy (non-hydrogen) atoms. The zero-order chi connectivity index (χ0) is 14.9. The number of rotatable bonds is 7. The van der Waals surface area contributed by atoms with Crippen LogP contribution in [0.1, 0.15) is 17.0 Å². The molecule has 1 aromatic carbocycles. The average molecular weight is 284 g/mol. The van der Waals surface area contributed by atoms with Gasteiger partial charge in [0, 0.05) is 18.9 Å². The molecule has 4 N–H and O–H groups in total. The topological polar surface area (TPSA) is 83.5 Å². The average Bonchev–Trinajstić information content (AvgIpc) is 2.56. The van der Waals surface area contributed by atoms with E-state index in [2.05, 4.69) is 15.5 Å².